The Balaban J connectivity index is 1.99. The van der Waals surface area contributed by atoms with E-state index < -0.39 is 12.1 Å². The van der Waals surface area contributed by atoms with Crippen LogP contribution in [0.25, 0.3) is 10.9 Å². The monoisotopic (exact) mass is 376 g/mol. The molecule has 144 valence electrons. The molecule has 0 aliphatic rings. The van der Waals surface area contributed by atoms with Crippen LogP contribution in [0.5, 0.6) is 0 Å². The quantitative estimate of drug-likeness (QED) is 0.602. The molecule has 0 radical (unpaired) electrons. The third-order valence-electron chi connectivity index (χ3n) is 4.69. The van der Waals surface area contributed by atoms with Gasteiger partial charge in [0.2, 0.25) is 6.10 Å². The minimum Gasteiger partial charge on any atom is -0.444 e. The maximum absolute atomic E-state index is 13.1. The van der Waals surface area contributed by atoms with Gasteiger partial charge in [0, 0.05) is 29.7 Å². The Morgan fingerprint density at radius 1 is 1.00 bits per heavy atom. The summed E-state index contributed by atoms with van der Waals surface area (Å²) in [6.45, 7) is 6.75. The van der Waals surface area contributed by atoms with Crippen molar-refractivity contribution in [3.8, 4) is 0 Å². The van der Waals surface area contributed by atoms with Gasteiger partial charge in [-0.3, -0.25) is 9.78 Å². The summed E-state index contributed by atoms with van der Waals surface area (Å²) in [5.41, 5.74) is 2.51. The van der Waals surface area contributed by atoms with Gasteiger partial charge in [-0.2, -0.15) is 0 Å². The summed E-state index contributed by atoms with van der Waals surface area (Å²) in [5, 5.41) is 0.709. The van der Waals surface area contributed by atoms with E-state index in [1.54, 1.807) is 23.1 Å². The van der Waals surface area contributed by atoms with Crippen molar-refractivity contribution in [2.75, 3.05) is 13.1 Å². The molecular weight excluding hydrogens is 352 g/mol. The van der Waals surface area contributed by atoms with E-state index in [0.29, 0.717) is 29.6 Å². The Hall–Kier alpha value is -3.21. The van der Waals surface area contributed by atoms with Gasteiger partial charge < -0.3 is 9.64 Å². The van der Waals surface area contributed by atoms with Gasteiger partial charge in [-0.15, -0.1) is 0 Å². The van der Waals surface area contributed by atoms with E-state index in [-0.39, 0.29) is 5.91 Å². The fourth-order valence-electron chi connectivity index (χ4n) is 3.24. The largest absolute Gasteiger partial charge is 0.444 e. The molecule has 0 aliphatic heterocycles. The van der Waals surface area contributed by atoms with E-state index in [9.17, 15) is 9.59 Å². The Kier molecular flexibility index (Phi) is 6.04. The number of nitrogens with zero attached hydrogens (tertiary/aromatic N) is 2. The number of rotatable bonds is 6. The molecule has 1 heterocycles. The minimum atomic E-state index is -0.985. The zero-order chi connectivity index (χ0) is 20.1. The van der Waals surface area contributed by atoms with Gasteiger partial charge >= 0.3 is 5.97 Å². The lowest BCUT2D eigenvalue weighted by atomic mass is 10.1. The number of pyridine rings is 1. The predicted molar refractivity (Wildman–Crippen MR) is 109 cm³/mol. The van der Waals surface area contributed by atoms with Crippen LogP contribution in [0.3, 0.4) is 0 Å². The van der Waals surface area contributed by atoms with E-state index in [2.05, 4.69) is 4.98 Å². The molecule has 0 bridgehead atoms. The van der Waals surface area contributed by atoms with Crippen LogP contribution in [-0.2, 0) is 9.53 Å². The van der Waals surface area contributed by atoms with Crippen molar-refractivity contribution in [1.82, 2.24) is 9.88 Å². The molecule has 0 unspecified atom stereocenters. The number of amides is 1. The number of fused-ring (bicyclic) bond motifs is 1. The lowest BCUT2D eigenvalue weighted by Gasteiger charge is -2.25. The number of para-hydroxylation sites is 1. The summed E-state index contributed by atoms with van der Waals surface area (Å²) in [6, 6.07) is 18.3. The summed E-state index contributed by atoms with van der Waals surface area (Å²) in [6.07, 6.45) is -0.985. The summed E-state index contributed by atoms with van der Waals surface area (Å²) < 4.78 is 5.77. The highest BCUT2D eigenvalue weighted by atomic mass is 16.5. The molecule has 0 saturated carbocycles. The standard InChI is InChI=1S/C23H24N2O3/c1-4-25(5-2)22(26)21(17-11-7-6-8-12-17)28-23(27)19-15-16(3)24-20-14-10-9-13-18(19)20/h6-15,21H,4-5H2,1-3H3/t21-/m1/s1. The number of hydrogen-bond acceptors (Lipinski definition) is 4. The van der Waals surface area contributed by atoms with Crippen molar-refractivity contribution in [3.05, 3.63) is 77.5 Å². The fourth-order valence-corrected chi connectivity index (χ4v) is 3.24. The Bertz CT molecular complexity index is 982. The molecule has 2 aromatic carbocycles. The number of carbonyl (C=O) groups is 2. The molecule has 28 heavy (non-hydrogen) atoms. The average Bonchev–Trinajstić information content (AvgIpc) is 2.72. The second-order valence-corrected chi connectivity index (χ2v) is 6.53. The molecule has 1 atom stereocenters. The lowest BCUT2D eigenvalue weighted by molar-refractivity contribution is -0.140. The first-order valence-electron chi connectivity index (χ1n) is 9.46. The van der Waals surface area contributed by atoms with Crippen LogP contribution in [-0.4, -0.2) is 34.8 Å². The summed E-state index contributed by atoms with van der Waals surface area (Å²) in [7, 11) is 0. The summed E-state index contributed by atoms with van der Waals surface area (Å²) >= 11 is 0. The lowest BCUT2D eigenvalue weighted by Crippen LogP contribution is -2.36. The number of likely N-dealkylation sites (N-methyl/N-ethyl adjacent to an activating group) is 1. The van der Waals surface area contributed by atoms with Crippen molar-refractivity contribution < 1.29 is 14.3 Å². The molecule has 1 amide bonds. The smallest absolute Gasteiger partial charge is 0.340 e. The number of hydrogen-bond donors (Lipinski definition) is 0. The second-order valence-electron chi connectivity index (χ2n) is 6.53. The van der Waals surface area contributed by atoms with Crippen LogP contribution < -0.4 is 0 Å². The van der Waals surface area contributed by atoms with Crippen LogP contribution in [0.15, 0.2) is 60.7 Å². The van der Waals surface area contributed by atoms with E-state index in [0.717, 1.165) is 11.2 Å². The highest BCUT2D eigenvalue weighted by Crippen LogP contribution is 2.25. The van der Waals surface area contributed by atoms with Gasteiger partial charge in [0.15, 0.2) is 0 Å². The molecular formula is C23H24N2O3. The van der Waals surface area contributed by atoms with Crippen molar-refractivity contribution in [1.29, 1.82) is 0 Å². The van der Waals surface area contributed by atoms with Crippen molar-refractivity contribution in [3.63, 3.8) is 0 Å². The Morgan fingerprint density at radius 2 is 1.64 bits per heavy atom. The number of benzene rings is 2. The zero-order valence-electron chi connectivity index (χ0n) is 16.4. The van der Waals surface area contributed by atoms with Gasteiger partial charge in [0.1, 0.15) is 0 Å². The van der Waals surface area contributed by atoms with Gasteiger partial charge in [0.25, 0.3) is 5.91 Å². The number of aryl methyl sites for hydroxylation is 1. The molecule has 5 heteroatoms. The Morgan fingerprint density at radius 3 is 2.32 bits per heavy atom. The van der Waals surface area contributed by atoms with Crippen molar-refractivity contribution >= 4 is 22.8 Å². The number of carbonyl (C=O) groups excluding carboxylic acids is 2. The maximum atomic E-state index is 13.1. The molecule has 0 fully saturated rings. The molecule has 1 aromatic heterocycles. The molecule has 3 rings (SSSR count). The zero-order valence-corrected chi connectivity index (χ0v) is 16.4. The first-order chi connectivity index (χ1) is 13.5. The topological polar surface area (TPSA) is 59.5 Å². The number of aromatic nitrogens is 1. The fraction of sp³-hybridized carbons (Fsp3) is 0.261. The maximum Gasteiger partial charge on any atom is 0.340 e. The number of ether oxygens (including phenoxy) is 1. The van der Waals surface area contributed by atoms with E-state index in [1.165, 1.54) is 0 Å². The van der Waals surface area contributed by atoms with Crippen LogP contribution in [0.4, 0.5) is 0 Å². The third kappa shape index (κ3) is 4.03. The SMILES string of the molecule is CCN(CC)C(=O)[C@H](OC(=O)c1cc(C)nc2ccccc12)c1ccccc1. The molecule has 0 spiro atoms. The highest BCUT2D eigenvalue weighted by molar-refractivity contribution is 6.04. The molecule has 0 saturated heterocycles. The summed E-state index contributed by atoms with van der Waals surface area (Å²) in [5.74, 6) is -0.754. The third-order valence-corrected chi connectivity index (χ3v) is 4.69. The van der Waals surface area contributed by atoms with Gasteiger partial charge in [0.05, 0.1) is 11.1 Å². The normalized spacial score (nSPS) is 11.8. The first kappa shape index (κ1) is 19.5. The van der Waals surface area contributed by atoms with Crippen molar-refractivity contribution in [2.24, 2.45) is 0 Å². The van der Waals surface area contributed by atoms with Crippen LogP contribution in [0.2, 0.25) is 0 Å². The van der Waals surface area contributed by atoms with Crippen LogP contribution in [0.1, 0.15) is 41.6 Å². The van der Waals surface area contributed by atoms with E-state index in [1.807, 2.05) is 63.2 Å². The van der Waals surface area contributed by atoms with E-state index in [4.69, 9.17) is 4.74 Å². The minimum absolute atomic E-state index is 0.223. The molecule has 5 nitrogen and oxygen atoms in total. The average molecular weight is 376 g/mol. The Labute approximate surface area is 165 Å². The molecule has 0 N–H and O–H groups in total. The first-order valence-corrected chi connectivity index (χ1v) is 9.46. The predicted octanol–water partition coefficient (Wildman–Crippen LogP) is 4.31. The van der Waals surface area contributed by atoms with Crippen molar-refractivity contribution in [2.45, 2.75) is 26.9 Å². The van der Waals surface area contributed by atoms with Crippen LogP contribution in [0, 0.1) is 6.92 Å². The second kappa shape index (κ2) is 8.65. The van der Waals surface area contributed by atoms with E-state index >= 15 is 0 Å². The van der Waals surface area contributed by atoms with Gasteiger partial charge in [-0.25, -0.2) is 4.79 Å². The number of esters is 1. The van der Waals surface area contributed by atoms with Gasteiger partial charge in [-0.1, -0.05) is 48.5 Å². The molecule has 3 aromatic rings. The van der Waals surface area contributed by atoms with Crippen LogP contribution >= 0.6 is 0 Å². The summed E-state index contributed by atoms with van der Waals surface area (Å²) in [4.78, 5) is 32.2. The van der Waals surface area contributed by atoms with Gasteiger partial charge in [-0.05, 0) is 32.9 Å². The molecule has 0 aliphatic carbocycles. The highest BCUT2D eigenvalue weighted by Gasteiger charge is 2.29.